The van der Waals surface area contributed by atoms with Gasteiger partial charge >= 0.3 is 29.6 Å². The SMILES string of the molecule is CCCCCCCCCCOP(=O)([O-])OC[C@H]1OC(O)[C@@H](O)[C@@H](O)[C@@H]1O.[Na+]. The molecule has 9 nitrogen and oxygen atoms in total. The Hall–Kier alpha value is 0.910. The largest absolute Gasteiger partial charge is 1.00 e. The van der Waals surface area contributed by atoms with Crippen molar-refractivity contribution in [3.05, 3.63) is 0 Å². The van der Waals surface area contributed by atoms with Crippen LogP contribution in [0.4, 0.5) is 0 Å². The van der Waals surface area contributed by atoms with Gasteiger partial charge in [-0.2, -0.15) is 0 Å². The first-order valence-electron chi connectivity index (χ1n) is 9.26. The minimum Gasteiger partial charge on any atom is -0.756 e. The average molecular weight is 422 g/mol. The number of rotatable bonds is 13. The smallest absolute Gasteiger partial charge is 0.756 e. The van der Waals surface area contributed by atoms with Gasteiger partial charge in [0.05, 0.1) is 13.2 Å². The van der Waals surface area contributed by atoms with Crippen LogP contribution in [0.1, 0.15) is 58.3 Å². The van der Waals surface area contributed by atoms with E-state index in [1.165, 1.54) is 25.7 Å². The Bertz CT molecular complexity index is 429. The van der Waals surface area contributed by atoms with Gasteiger partial charge in [0.25, 0.3) is 7.82 Å². The Kier molecular flexibility index (Phi) is 15.3. The van der Waals surface area contributed by atoms with Crippen molar-refractivity contribution in [3.63, 3.8) is 0 Å². The van der Waals surface area contributed by atoms with E-state index in [1.54, 1.807) is 0 Å². The van der Waals surface area contributed by atoms with Crippen LogP contribution in [0.2, 0.25) is 0 Å². The summed E-state index contributed by atoms with van der Waals surface area (Å²) in [6.45, 7) is 1.53. The number of unbranched alkanes of at least 4 members (excludes halogenated alkanes) is 7. The summed E-state index contributed by atoms with van der Waals surface area (Å²) in [6, 6.07) is 0. The molecule has 1 heterocycles. The Morgan fingerprint density at radius 2 is 1.44 bits per heavy atom. The van der Waals surface area contributed by atoms with Gasteiger partial charge in [-0.1, -0.05) is 51.9 Å². The number of ether oxygens (including phenoxy) is 1. The average Bonchev–Trinajstić information content (AvgIpc) is 2.60. The molecular formula is C16H32NaO9P. The van der Waals surface area contributed by atoms with Gasteiger partial charge in [-0.3, -0.25) is 4.57 Å². The van der Waals surface area contributed by atoms with Crippen molar-refractivity contribution in [2.75, 3.05) is 13.2 Å². The van der Waals surface area contributed by atoms with Gasteiger partial charge in [0.2, 0.25) is 0 Å². The Balaban J connectivity index is 0.00000676. The molecule has 1 rings (SSSR count). The summed E-state index contributed by atoms with van der Waals surface area (Å²) in [4.78, 5) is 11.7. The molecule has 1 saturated heterocycles. The Labute approximate surface area is 182 Å². The van der Waals surface area contributed by atoms with Crippen molar-refractivity contribution in [1.82, 2.24) is 0 Å². The van der Waals surface area contributed by atoms with Crippen LogP contribution in [0, 0.1) is 0 Å². The maximum atomic E-state index is 11.7. The third-order valence-electron chi connectivity index (χ3n) is 4.33. The van der Waals surface area contributed by atoms with Gasteiger partial charge in [-0.15, -0.1) is 0 Å². The predicted octanol–water partition coefficient (Wildman–Crippen LogP) is -2.57. The van der Waals surface area contributed by atoms with Crippen molar-refractivity contribution in [1.29, 1.82) is 0 Å². The third kappa shape index (κ3) is 11.0. The van der Waals surface area contributed by atoms with Crippen LogP contribution in [0.3, 0.4) is 0 Å². The summed E-state index contributed by atoms with van der Waals surface area (Å²) < 4.78 is 25.9. The van der Waals surface area contributed by atoms with Crippen LogP contribution in [-0.2, 0) is 18.3 Å². The van der Waals surface area contributed by atoms with E-state index in [0.29, 0.717) is 6.42 Å². The minimum atomic E-state index is -4.58. The van der Waals surface area contributed by atoms with Crippen LogP contribution >= 0.6 is 7.82 Å². The number of hydrogen-bond acceptors (Lipinski definition) is 9. The molecule has 0 saturated carbocycles. The standard InChI is InChI=1S/C16H33O9P.Na/c1-2-3-4-5-6-7-8-9-10-23-26(21,22)24-11-12-13(17)14(18)15(19)16(20)25-12;/h12-20H,2-11H2,1H3,(H,21,22);/q;+1/p-1/t12-,13-,14+,15+,16?;/m1./s1. The molecule has 1 aliphatic rings. The fourth-order valence-electron chi connectivity index (χ4n) is 2.68. The second-order valence-corrected chi connectivity index (χ2v) is 8.00. The molecule has 0 spiro atoms. The summed E-state index contributed by atoms with van der Waals surface area (Å²) >= 11 is 0. The molecule has 156 valence electrons. The fourth-order valence-corrected chi connectivity index (χ4v) is 3.44. The number of hydrogen-bond donors (Lipinski definition) is 4. The molecule has 0 bridgehead atoms. The summed E-state index contributed by atoms with van der Waals surface area (Å²) in [6.07, 6.45) is 0.471. The molecule has 0 radical (unpaired) electrons. The molecule has 11 heteroatoms. The molecule has 1 aliphatic heterocycles. The predicted molar refractivity (Wildman–Crippen MR) is 91.0 cm³/mol. The number of phosphoric acid groups is 1. The summed E-state index contributed by atoms with van der Waals surface area (Å²) in [5.41, 5.74) is 0. The van der Waals surface area contributed by atoms with Gasteiger partial charge in [0, 0.05) is 0 Å². The molecule has 0 amide bonds. The van der Waals surface area contributed by atoms with E-state index >= 15 is 0 Å². The van der Waals surface area contributed by atoms with E-state index in [-0.39, 0.29) is 36.2 Å². The molecule has 4 N–H and O–H groups in total. The molecule has 0 aromatic carbocycles. The monoisotopic (exact) mass is 422 g/mol. The van der Waals surface area contributed by atoms with Crippen LogP contribution in [-0.4, -0.2) is 64.3 Å². The van der Waals surface area contributed by atoms with Crippen LogP contribution in [0.5, 0.6) is 0 Å². The quantitative estimate of drug-likeness (QED) is 0.143. The first-order chi connectivity index (χ1) is 12.3. The topological polar surface area (TPSA) is 149 Å². The molecule has 0 aromatic heterocycles. The van der Waals surface area contributed by atoms with E-state index in [1.807, 2.05) is 0 Å². The second-order valence-electron chi connectivity index (χ2n) is 6.59. The zero-order valence-electron chi connectivity index (χ0n) is 16.2. The summed E-state index contributed by atoms with van der Waals surface area (Å²) in [7, 11) is -4.58. The minimum absolute atomic E-state index is 0. The molecule has 2 unspecified atom stereocenters. The van der Waals surface area contributed by atoms with Crippen molar-refractivity contribution < 1.29 is 73.2 Å². The van der Waals surface area contributed by atoms with E-state index in [0.717, 1.165) is 19.3 Å². The van der Waals surface area contributed by atoms with Crippen molar-refractivity contribution >= 4 is 7.82 Å². The van der Waals surface area contributed by atoms with Gasteiger partial charge in [0.1, 0.15) is 24.4 Å². The maximum absolute atomic E-state index is 11.7. The van der Waals surface area contributed by atoms with Crippen LogP contribution in [0.15, 0.2) is 0 Å². The van der Waals surface area contributed by atoms with Gasteiger partial charge in [-0.05, 0) is 6.42 Å². The second kappa shape index (κ2) is 14.8. The van der Waals surface area contributed by atoms with E-state index in [2.05, 4.69) is 11.4 Å². The third-order valence-corrected chi connectivity index (χ3v) is 5.30. The number of aliphatic hydroxyl groups is 4. The van der Waals surface area contributed by atoms with Crippen molar-refractivity contribution in [2.24, 2.45) is 0 Å². The summed E-state index contributed by atoms with van der Waals surface area (Å²) in [5.74, 6) is 0. The van der Waals surface area contributed by atoms with Crippen molar-refractivity contribution in [3.8, 4) is 0 Å². The fraction of sp³-hybridized carbons (Fsp3) is 1.00. The molecular weight excluding hydrogens is 390 g/mol. The molecule has 27 heavy (non-hydrogen) atoms. The maximum Gasteiger partial charge on any atom is 1.00 e. The molecule has 1 fully saturated rings. The van der Waals surface area contributed by atoms with Gasteiger partial charge in [-0.25, -0.2) is 0 Å². The Morgan fingerprint density at radius 3 is 2.04 bits per heavy atom. The number of phosphoric ester groups is 1. The van der Waals surface area contributed by atoms with Crippen molar-refractivity contribution in [2.45, 2.75) is 89.0 Å². The number of aliphatic hydroxyl groups excluding tert-OH is 4. The normalized spacial score (nSPS) is 30.5. The van der Waals surface area contributed by atoms with Gasteiger partial charge in [0.15, 0.2) is 6.29 Å². The van der Waals surface area contributed by atoms with E-state index in [9.17, 15) is 29.9 Å². The summed E-state index contributed by atoms with van der Waals surface area (Å²) in [5, 5.41) is 38.0. The van der Waals surface area contributed by atoms with E-state index in [4.69, 9.17) is 9.26 Å². The zero-order valence-corrected chi connectivity index (χ0v) is 19.1. The van der Waals surface area contributed by atoms with Gasteiger partial charge < -0.3 is 39.1 Å². The Morgan fingerprint density at radius 1 is 0.889 bits per heavy atom. The van der Waals surface area contributed by atoms with Crippen LogP contribution < -0.4 is 34.5 Å². The van der Waals surface area contributed by atoms with E-state index < -0.39 is 45.1 Å². The van der Waals surface area contributed by atoms with Crippen LogP contribution in [0.25, 0.3) is 0 Å². The molecule has 6 atom stereocenters. The first kappa shape index (κ1) is 27.9. The molecule has 0 aromatic rings. The molecule has 0 aliphatic carbocycles. The zero-order chi connectivity index (χ0) is 19.6. The first-order valence-corrected chi connectivity index (χ1v) is 10.7.